The number of halogens is 3. The molecule has 0 aliphatic rings. The van der Waals surface area contributed by atoms with Crippen molar-refractivity contribution in [3.05, 3.63) is 68.7 Å². The minimum atomic E-state index is -0.548. The van der Waals surface area contributed by atoms with Crippen LogP contribution in [0.2, 0.25) is 15.1 Å². The van der Waals surface area contributed by atoms with E-state index in [2.05, 4.69) is 5.32 Å². The van der Waals surface area contributed by atoms with Crippen molar-refractivity contribution in [1.82, 2.24) is 10.2 Å². The SMILES string of the molecule is CC[C@@H](C(=O)NC)N(Cc1ccc(Cl)cc1)C(=O)CSCc1c(Cl)cccc1Cl. The Kier molecular flexibility index (Phi) is 9.63. The predicted octanol–water partition coefficient (Wildman–Crippen LogP) is 5.43. The maximum Gasteiger partial charge on any atom is 0.242 e. The second-order valence-electron chi connectivity index (χ2n) is 6.38. The lowest BCUT2D eigenvalue weighted by atomic mass is 10.1. The molecule has 0 saturated carbocycles. The van der Waals surface area contributed by atoms with Gasteiger partial charge in [0.2, 0.25) is 11.8 Å². The van der Waals surface area contributed by atoms with Gasteiger partial charge in [-0.25, -0.2) is 0 Å². The second-order valence-corrected chi connectivity index (χ2v) is 8.62. The number of benzene rings is 2. The number of amides is 2. The Morgan fingerprint density at radius 2 is 1.69 bits per heavy atom. The Labute approximate surface area is 190 Å². The summed E-state index contributed by atoms with van der Waals surface area (Å²) in [7, 11) is 1.57. The molecule has 0 aliphatic carbocycles. The van der Waals surface area contributed by atoms with Gasteiger partial charge in [-0.3, -0.25) is 9.59 Å². The van der Waals surface area contributed by atoms with Crippen molar-refractivity contribution < 1.29 is 9.59 Å². The van der Waals surface area contributed by atoms with Crippen molar-refractivity contribution >= 4 is 58.4 Å². The third-order valence-electron chi connectivity index (χ3n) is 4.43. The number of nitrogens with one attached hydrogen (secondary N) is 1. The zero-order valence-electron chi connectivity index (χ0n) is 16.3. The molecule has 0 saturated heterocycles. The van der Waals surface area contributed by atoms with E-state index in [9.17, 15) is 9.59 Å². The summed E-state index contributed by atoms with van der Waals surface area (Å²) in [4.78, 5) is 27.0. The van der Waals surface area contributed by atoms with Gasteiger partial charge in [-0.2, -0.15) is 0 Å². The normalized spacial score (nSPS) is 11.8. The van der Waals surface area contributed by atoms with Gasteiger partial charge in [0.15, 0.2) is 0 Å². The third-order valence-corrected chi connectivity index (χ3v) is 6.34. The van der Waals surface area contributed by atoms with E-state index in [1.165, 1.54) is 11.8 Å². The van der Waals surface area contributed by atoms with Gasteiger partial charge in [-0.05, 0) is 41.8 Å². The summed E-state index contributed by atoms with van der Waals surface area (Å²) < 4.78 is 0. The van der Waals surface area contributed by atoms with Crippen molar-refractivity contribution in [3.8, 4) is 0 Å². The molecule has 29 heavy (non-hydrogen) atoms. The topological polar surface area (TPSA) is 49.4 Å². The smallest absolute Gasteiger partial charge is 0.242 e. The average Bonchev–Trinajstić information content (AvgIpc) is 2.71. The van der Waals surface area contributed by atoms with Crippen molar-refractivity contribution in [2.45, 2.75) is 31.7 Å². The van der Waals surface area contributed by atoms with Crippen LogP contribution >= 0.6 is 46.6 Å². The fourth-order valence-corrected chi connectivity index (χ4v) is 4.64. The van der Waals surface area contributed by atoms with Crippen molar-refractivity contribution in [3.63, 3.8) is 0 Å². The lowest BCUT2D eigenvalue weighted by molar-refractivity contribution is -0.139. The molecule has 2 aromatic carbocycles. The molecular formula is C21H23Cl3N2O2S. The fourth-order valence-electron chi connectivity index (χ4n) is 2.87. The summed E-state index contributed by atoms with van der Waals surface area (Å²) in [6, 6.07) is 12.0. The maximum absolute atomic E-state index is 13.0. The van der Waals surface area contributed by atoms with Crippen molar-refractivity contribution in [2.24, 2.45) is 0 Å². The molecule has 0 heterocycles. The molecule has 2 amide bonds. The minimum Gasteiger partial charge on any atom is -0.357 e. The highest BCUT2D eigenvalue weighted by molar-refractivity contribution is 7.99. The standard InChI is InChI=1S/C21H23Cl3N2O2S/c1-3-19(21(28)25-2)26(11-14-7-9-15(22)10-8-14)20(27)13-29-12-16-17(23)5-4-6-18(16)24/h4-10,19H,3,11-13H2,1-2H3,(H,25,28)/t19-/m0/s1. The van der Waals surface area contributed by atoms with Gasteiger partial charge in [-0.15, -0.1) is 11.8 Å². The number of nitrogens with zero attached hydrogens (tertiary/aromatic N) is 1. The average molecular weight is 474 g/mol. The van der Waals surface area contributed by atoms with Crippen LogP contribution in [-0.2, 0) is 21.9 Å². The lowest BCUT2D eigenvalue weighted by Gasteiger charge is -2.30. The molecule has 0 radical (unpaired) electrons. The third kappa shape index (κ3) is 6.82. The molecule has 2 rings (SSSR count). The molecule has 0 aliphatic heterocycles. The Morgan fingerprint density at radius 1 is 1.07 bits per heavy atom. The van der Waals surface area contributed by atoms with Crippen molar-refractivity contribution in [1.29, 1.82) is 0 Å². The summed E-state index contributed by atoms with van der Waals surface area (Å²) >= 11 is 19.8. The van der Waals surface area contributed by atoms with Crippen LogP contribution in [0.1, 0.15) is 24.5 Å². The number of rotatable bonds is 9. The van der Waals surface area contributed by atoms with Crippen LogP contribution < -0.4 is 5.32 Å². The van der Waals surface area contributed by atoms with Gasteiger partial charge in [-0.1, -0.05) is 59.9 Å². The van der Waals surface area contributed by atoms with Crippen LogP contribution in [0, 0.1) is 0 Å². The first-order chi connectivity index (χ1) is 13.9. The molecule has 0 fully saturated rings. The first-order valence-corrected chi connectivity index (χ1v) is 11.4. The molecule has 4 nitrogen and oxygen atoms in total. The quantitative estimate of drug-likeness (QED) is 0.528. The molecule has 1 atom stereocenters. The summed E-state index contributed by atoms with van der Waals surface area (Å²) in [5.41, 5.74) is 1.71. The van der Waals surface area contributed by atoms with Crippen LogP contribution in [0.15, 0.2) is 42.5 Å². The molecular weight excluding hydrogens is 451 g/mol. The zero-order valence-corrected chi connectivity index (χ0v) is 19.3. The number of hydrogen-bond acceptors (Lipinski definition) is 3. The van der Waals surface area contributed by atoms with Crippen LogP contribution in [0.3, 0.4) is 0 Å². The molecule has 0 aromatic heterocycles. The highest BCUT2D eigenvalue weighted by Gasteiger charge is 2.27. The van der Waals surface area contributed by atoms with E-state index in [0.717, 1.165) is 11.1 Å². The Balaban J connectivity index is 2.12. The van der Waals surface area contributed by atoms with Gasteiger partial charge in [0, 0.05) is 34.4 Å². The van der Waals surface area contributed by atoms with Gasteiger partial charge in [0.25, 0.3) is 0 Å². The van der Waals surface area contributed by atoms with Crippen LogP contribution in [-0.4, -0.2) is 35.6 Å². The van der Waals surface area contributed by atoms with E-state index in [4.69, 9.17) is 34.8 Å². The highest BCUT2D eigenvalue weighted by Crippen LogP contribution is 2.28. The highest BCUT2D eigenvalue weighted by atomic mass is 35.5. The van der Waals surface area contributed by atoms with Gasteiger partial charge in [0.1, 0.15) is 6.04 Å². The molecule has 8 heteroatoms. The van der Waals surface area contributed by atoms with E-state index in [1.54, 1.807) is 42.3 Å². The van der Waals surface area contributed by atoms with E-state index < -0.39 is 6.04 Å². The molecule has 1 N–H and O–H groups in total. The minimum absolute atomic E-state index is 0.122. The Bertz CT molecular complexity index is 826. The summed E-state index contributed by atoms with van der Waals surface area (Å²) in [5, 5.41) is 4.42. The largest absolute Gasteiger partial charge is 0.357 e. The first-order valence-electron chi connectivity index (χ1n) is 9.13. The number of carbonyl (C=O) groups excluding carboxylic acids is 2. The summed E-state index contributed by atoms with van der Waals surface area (Å²) in [6.07, 6.45) is 0.514. The zero-order chi connectivity index (χ0) is 21.4. The van der Waals surface area contributed by atoms with Gasteiger partial charge in [0.05, 0.1) is 5.75 Å². The van der Waals surface area contributed by atoms with Crippen LogP contribution in [0.5, 0.6) is 0 Å². The molecule has 0 spiro atoms. The van der Waals surface area contributed by atoms with Gasteiger partial charge < -0.3 is 10.2 Å². The fraction of sp³-hybridized carbons (Fsp3) is 0.333. The predicted molar refractivity (Wildman–Crippen MR) is 123 cm³/mol. The van der Waals surface area contributed by atoms with E-state index >= 15 is 0 Å². The lowest BCUT2D eigenvalue weighted by Crippen LogP contribution is -2.48. The summed E-state index contributed by atoms with van der Waals surface area (Å²) in [5.74, 6) is 0.413. The molecule has 156 valence electrons. The Hall–Kier alpha value is -1.40. The van der Waals surface area contributed by atoms with E-state index in [-0.39, 0.29) is 17.6 Å². The molecule has 0 unspecified atom stereocenters. The monoisotopic (exact) mass is 472 g/mol. The van der Waals surface area contributed by atoms with Crippen molar-refractivity contribution in [2.75, 3.05) is 12.8 Å². The number of thioether (sulfide) groups is 1. The summed E-state index contributed by atoms with van der Waals surface area (Å²) in [6.45, 7) is 2.22. The number of carbonyl (C=O) groups is 2. The van der Waals surface area contributed by atoms with E-state index in [0.29, 0.717) is 33.8 Å². The molecule has 0 bridgehead atoms. The number of likely N-dealkylation sites (N-methyl/N-ethyl adjacent to an activating group) is 1. The van der Waals surface area contributed by atoms with E-state index in [1.807, 2.05) is 19.1 Å². The van der Waals surface area contributed by atoms with Crippen LogP contribution in [0.25, 0.3) is 0 Å². The first kappa shape index (κ1) is 23.9. The maximum atomic E-state index is 13.0. The second kappa shape index (κ2) is 11.7. The van der Waals surface area contributed by atoms with Crippen LogP contribution in [0.4, 0.5) is 0 Å². The molecule has 2 aromatic rings. The van der Waals surface area contributed by atoms with Gasteiger partial charge >= 0.3 is 0 Å². The number of hydrogen-bond donors (Lipinski definition) is 1. The Morgan fingerprint density at radius 3 is 2.24 bits per heavy atom.